The lowest BCUT2D eigenvalue weighted by molar-refractivity contribution is 0.0530. The van der Waals surface area contributed by atoms with Crippen LogP contribution in [0.25, 0.3) is 11.3 Å². The smallest absolute Gasteiger partial charge is 0.350 e. The van der Waals surface area contributed by atoms with Gasteiger partial charge in [-0.05, 0) is 39.0 Å². The van der Waals surface area contributed by atoms with Crippen LogP contribution >= 0.6 is 11.3 Å². The minimum absolute atomic E-state index is 0.206. The van der Waals surface area contributed by atoms with Crippen LogP contribution in [-0.2, 0) is 4.74 Å². The van der Waals surface area contributed by atoms with Crippen LogP contribution in [0.15, 0.2) is 30.3 Å². The summed E-state index contributed by atoms with van der Waals surface area (Å²) < 4.78 is 5.03. The Hall–Kier alpha value is -3.33. The molecule has 144 valence electrons. The molecule has 0 atom stereocenters. The molecule has 8 nitrogen and oxygen atoms in total. The Balaban J connectivity index is 1.87. The van der Waals surface area contributed by atoms with Gasteiger partial charge in [0, 0.05) is 11.3 Å². The lowest BCUT2D eigenvalue weighted by Gasteiger charge is -2.07. The number of hydrogen-bond acceptors (Lipinski definition) is 8. The first-order chi connectivity index (χ1) is 13.4. The number of carboxylic acids is 1. The zero-order valence-electron chi connectivity index (χ0n) is 15.5. The van der Waals surface area contributed by atoms with Crippen molar-refractivity contribution in [2.24, 2.45) is 0 Å². The van der Waals surface area contributed by atoms with Crippen LogP contribution < -0.4 is 5.32 Å². The van der Waals surface area contributed by atoms with Gasteiger partial charge in [-0.2, -0.15) is 0 Å². The molecule has 0 radical (unpaired) electrons. The van der Waals surface area contributed by atoms with Gasteiger partial charge in [-0.3, -0.25) is 5.32 Å². The van der Waals surface area contributed by atoms with E-state index in [4.69, 9.17) is 9.84 Å². The summed E-state index contributed by atoms with van der Waals surface area (Å²) in [5, 5.41) is 12.5. The first kappa shape index (κ1) is 19.4. The lowest BCUT2D eigenvalue weighted by Crippen LogP contribution is -2.03. The zero-order valence-corrected chi connectivity index (χ0v) is 16.3. The molecule has 2 N–H and O–H groups in total. The highest BCUT2D eigenvalue weighted by atomic mass is 32.1. The first-order valence-corrected chi connectivity index (χ1v) is 9.30. The first-order valence-electron chi connectivity index (χ1n) is 8.48. The van der Waals surface area contributed by atoms with Gasteiger partial charge in [-0.25, -0.2) is 24.5 Å². The molecular weight excluding hydrogens is 380 g/mol. The average Bonchev–Trinajstić information content (AvgIpc) is 3.01. The van der Waals surface area contributed by atoms with E-state index in [0.717, 1.165) is 11.3 Å². The highest BCUT2D eigenvalue weighted by Crippen LogP contribution is 2.27. The van der Waals surface area contributed by atoms with Gasteiger partial charge in [0.25, 0.3) is 0 Å². The SMILES string of the molecule is CCOC(=O)c1sc(Nc2nc(C)cc(-c3ccc(C(=O)O)cc3)n2)nc1C. The van der Waals surface area contributed by atoms with Gasteiger partial charge in [0.1, 0.15) is 4.88 Å². The molecule has 0 aliphatic heterocycles. The Morgan fingerprint density at radius 1 is 1.14 bits per heavy atom. The summed E-state index contributed by atoms with van der Waals surface area (Å²) in [5.41, 5.74) is 2.92. The number of hydrogen-bond donors (Lipinski definition) is 2. The maximum Gasteiger partial charge on any atom is 0.350 e. The highest BCUT2D eigenvalue weighted by Gasteiger charge is 2.17. The number of rotatable bonds is 6. The molecule has 2 heterocycles. The molecule has 0 saturated heterocycles. The molecule has 0 fully saturated rings. The number of aromatic carboxylic acids is 1. The van der Waals surface area contributed by atoms with E-state index in [-0.39, 0.29) is 5.56 Å². The minimum Gasteiger partial charge on any atom is -0.478 e. The molecule has 0 bridgehead atoms. The predicted octanol–water partition coefficient (Wildman–Crippen LogP) is 3.84. The number of ether oxygens (including phenoxy) is 1. The summed E-state index contributed by atoms with van der Waals surface area (Å²) >= 11 is 1.17. The standard InChI is InChI=1S/C19H18N4O4S/c1-4-27-17(26)15-11(3)21-19(28-15)23-18-20-10(2)9-14(22-18)12-5-7-13(8-6-12)16(24)25/h5-9H,4H2,1-3H3,(H,24,25)(H,20,21,22,23). The van der Waals surface area contributed by atoms with Crippen molar-refractivity contribution in [2.45, 2.75) is 20.8 Å². The van der Waals surface area contributed by atoms with Crippen LogP contribution in [0.3, 0.4) is 0 Å². The van der Waals surface area contributed by atoms with Gasteiger partial charge in [0.15, 0.2) is 5.13 Å². The van der Waals surface area contributed by atoms with Gasteiger partial charge in [0.05, 0.1) is 23.6 Å². The monoisotopic (exact) mass is 398 g/mol. The zero-order chi connectivity index (χ0) is 20.3. The Labute approximate surface area is 165 Å². The van der Waals surface area contributed by atoms with Crippen molar-refractivity contribution in [3.63, 3.8) is 0 Å². The van der Waals surface area contributed by atoms with Crippen LogP contribution in [0.5, 0.6) is 0 Å². The summed E-state index contributed by atoms with van der Waals surface area (Å²) in [5.74, 6) is -1.05. The third-order valence-electron chi connectivity index (χ3n) is 3.76. The van der Waals surface area contributed by atoms with Gasteiger partial charge in [-0.1, -0.05) is 23.5 Å². The highest BCUT2D eigenvalue weighted by molar-refractivity contribution is 7.17. The Morgan fingerprint density at radius 3 is 2.50 bits per heavy atom. The van der Waals surface area contributed by atoms with Crippen molar-refractivity contribution < 1.29 is 19.4 Å². The lowest BCUT2D eigenvalue weighted by atomic mass is 10.1. The molecule has 2 aromatic heterocycles. The number of carbonyl (C=O) groups excluding carboxylic acids is 1. The van der Waals surface area contributed by atoms with Crippen molar-refractivity contribution in [1.29, 1.82) is 0 Å². The van der Waals surface area contributed by atoms with E-state index < -0.39 is 11.9 Å². The summed E-state index contributed by atoms with van der Waals surface area (Å²) in [6, 6.07) is 8.25. The predicted molar refractivity (Wildman–Crippen MR) is 105 cm³/mol. The Bertz CT molecular complexity index is 1030. The van der Waals surface area contributed by atoms with Crippen molar-refractivity contribution in [3.05, 3.63) is 52.2 Å². The van der Waals surface area contributed by atoms with E-state index in [0.29, 0.717) is 34.0 Å². The molecule has 1 aromatic carbocycles. The molecule has 0 spiro atoms. The minimum atomic E-state index is -0.982. The molecule has 3 rings (SSSR count). The fourth-order valence-corrected chi connectivity index (χ4v) is 3.34. The largest absolute Gasteiger partial charge is 0.478 e. The number of benzene rings is 1. The molecular formula is C19H18N4O4S. The van der Waals surface area contributed by atoms with E-state index in [1.54, 1.807) is 32.0 Å². The van der Waals surface area contributed by atoms with Crippen LogP contribution in [0, 0.1) is 13.8 Å². The number of aromatic nitrogens is 3. The Morgan fingerprint density at radius 2 is 1.86 bits per heavy atom. The maximum absolute atomic E-state index is 11.9. The van der Waals surface area contributed by atoms with Crippen LogP contribution in [-0.4, -0.2) is 38.6 Å². The fourth-order valence-electron chi connectivity index (χ4n) is 2.49. The molecule has 9 heteroatoms. The fraction of sp³-hybridized carbons (Fsp3) is 0.211. The molecule has 0 aliphatic rings. The van der Waals surface area contributed by atoms with Crippen molar-refractivity contribution >= 4 is 34.4 Å². The topological polar surface area (TPSA) is 114 Å². The molecule has 0 unspecified atom stereocenters. The van der Waals surface area contributed by atoms with Gasteiger partial charge >= 0.3 is 11.9 Å². The van der Waals surface area contributed by atoms with Gasteiger partial charge in [-0.15, -0.1) is 0 Å². The van der Waals surface area contributed by atoms with Crippen LogP contribution in [0.2, 0.25) is 0 Å². The van der Waals surface area contributed by atoms with Gasteiger partial charge < -0.3 is 9.84 Å². The number of nitrogens with one attached hydrogen (secondary N) is 1. The molecule has 0 saturated carbocycles. The van der Waals surface area contributed by atoms with Crippen molar-refractivity contribution in [2.75, 3.05) is 11.9 Å². The van der Waals surface area contributed by atoms with Gasteiger partial charge in [0.2, 0.25) is 5.95 Å². The summed E-state index contributed by atoms with van der Waals surface area (Å²) in [4.78, 5) is 36.5. The third kappa shape index (κ3) is 4.32. The quantitative estimate of drug-likeness (QED) is 0.602. The number of nitrogens with zero attached hydrogens (tertiary/aromatic N) is 3. The molecule has 28 heavy (non-hydrogen) atoms. The molecule has 3 aromatic rings. The molecule has 0 amide bonds. The summed E-state index contributed by atoms with van der Waals surface area (Å²) in [6.07, 6.45) is 0. The van der Waals surface area contributed by atoms with Crippen molar-refractivity contribution in [3.8, 4) is 11.3 Å². The van der Waals surface area contributed by atoms with E-state index >= 15 is 0 Å². The average molecular weight is 398 g/mol. The van der Waals surface area contributed by atoms with E-state index in [1.165, 1.54) is 23.5 Å². The number of thiazole rings is 1. The van der Waals surface area contributed by atoms with E-state index in [9.17, 15) is 9.59 Å². The number of carbonyl (C=O) groups is 2. The van der Waals surface area contributed by atoms with Crippen LogP contribution in [0.1, 0.15) is 38.3 Å². The second kappa shape index (κ2) is 8.13. The second-order valence-electron chi connectivity index (χ2n) is 5.88. The van der Waals surface area contributed by atoms with Crippen molar-refractivity contribution in [1.82, 2.24) is 15.0 Å². The normalized spacial score (nSPS) is 10.5. The Kier molecular flexibility index (Phi) is 5.65. The van der Waals surface area contributed by atoms with Crippen LogP contribution in [0.4, 0.5) is 11.1 Å². The number of aryl methyl sites for hydroxylation is 2. The summed E-state index contributed by atoms with van der Waals surface area (Å²) in [6.45, 7) is 5.61. The summed E-state index contributed by atoms with van der Waals surface area (Å²) in [7, 11) is 0. The maximum atomic E-state index is 11.9. The third-order valence-corrected chi connectivity index (χ3v) is 4.81. The number of esters is 1. The van der Waals surface area contributed by atoms with E-state index in [1.807, 2.05) is 6.92 Å². The second-order valence-corrected chi connectivity index (χ2v) is 6.88. The van der Waals surface area contributed by atoms with E-state index in [2.05, 4.69) is 20.3 Å². The molecule has 0 aliphatic carbocycles. The number of carboxylic acid groups (broad SMARTS) is 1. The number of anilines is 2.